The molecule has 0 radical (unpaired) electrons. The van der Waals surface area contributed by atoms with Gasteiger partial charge in [0.25, 0.3) is 5.91 Å². The fraction of sp³-hybridized carbons (Fsp3) is 0.294. The number of nitrogens with zero attached hydrogens (tertiary/aromatic N) is 2. The Hall–Kier alpha value is -2.54. The molecule has 2 heterocycles. The molecule has 0 atom stereocenters. The number of rotatable bonds is 4. The van der Waals surface area contributed by atoms with Crippen LogP contribution >= 0.6 is 11.3 Å². The standard InChI is InChI=1S/C17H17N3O3S/c1-10-15(11(2)21)24-17(18-10)19-16(23)12-5-7-13(8-6-12)20-9-3-4-14(20)22/h5-8H,3-4,9H2,1-2H3,(H,18,19,23). The second-order valence-electron chi connectivity index (χ2n) is 5.64. The van der Waals surface area contributed by atoms with Crippen LogP contribution in [0.25, 0.3) is 0 Å². The fourth-order valence-electron chi connectivity index (χ4n) is 2.66. The van der Waals surface area contributed by atoms with E-state index < -0.39 is 0 Å². The number of amides is 2. The van der Waals surface area contributed by atoms with Gasteiger partial charge in [-0.25, -0.2) is 4.98 Å². The average molecular weight is 343 g/mol. The number of anilines is 2. The Balaban J connectivity index is 1.72. The number of carbonyl (C=O) groups excluding carboxylic acids is 3. The summed E-state index contributed by atoms with van der Waals surface area (Å²) in [5.41, 5.74) is 1.89. The highest BCUT2D eigenvalue weighted by molar-refractivity contribution is 7.17. The highest BCUT2D eigenvalue weighted by atomic mass is 32.1. The first-order valence-corrected chi connectivity index (χ1v) is 8.47. The molecule has 124 valence electrons. The van der Waals surface area contributed by atoms with Crippen LogP contribution in [-0.2, 0) is 4.79 Å². The third kappa shape index (κ3) is 3.21. The lowest BCUT2D eigenvalue weighted by atomic mass is 10.2. The minimum absolute atomic E-state index is 0.0647. The maximum absolute atomic E-state index is 12.3. The van der Waals surface area contributed by atoms with E-state index >= 15 is 0 Å². The summed E-state index contributed by atoms with van der Waals surface area (Å²) in [6.07, 6.45) is 1.44. The van der Waals surface area contributed by atoms with E-state index in [0.29, 0.717) is 27.7 Å². The molecule has 1 aliphatic heterocycles. The molecular weight excluding hydrogens is 326 g/mol. The van der Waals surface area contributed by atoms with E-state index in [0.717, 1.165) is 18.7 Å². The van der Waals surface area contributed by atoms with Crippen LogP contribution in [0, 0.1) is 6.92 Å². The maximum atomic E-state index is 12.3. The van der Waals surface area contributed by atoms with Gasteiger partial charge >= 0.3 is 0 Å². The minimum Gasteiger partial charge on any atom is -0.312 e. The normalized spacial score (nSPS) is 14.1. The van der Waals surface area contributed by atoms with Crippen molar-refractivity contribution in [2.45, 2.75) is 26.7 Å². The van der Waals surface area contributed by atoms with E-state index in [1.54, 1.807) is 36.1 Å². The number of thiazole rings is 1. The molecule has 1 N–H and O–H groups in total. The van der Waals surface area contributed by atoms with Crippen LogP contribution in [0.1, 0.15) is 45.5 Å². The number of carbonyl (C=O) groups is 3. The van der Waals surface area contributed by atoms with E-state index in [1.807, 2.05) is 0 Å². The molecule has 1 aliphatic rings. The van der Waals surface area contributed by atoms with E-state index in [-0.39, 0.29) is 17.6 Å². The predicted octanol–water partition coefficient (Wildman–Crippen LogP) is 3.03. The summed E-state index contributed by atoms with van der Waals surface area (Å²) in [7, 11) is 0. The van der Waals surface area contributed by atoms with Crippen LogP contribution in [0.2, 0.25) is 0 Å². The Morgan fingerprint density at radius 3 is 2.50 bits per heavy atom. The number of nitrogens with one attached hydrogen (secondary N) is 1. The summed E-state index contributed by atoms with van der Waals surface area (Å²) >= 11 is 1.17. The highest BCUT2D eigenvalue weighted by Crippen LogP contribution is 2.24. The predicted molar refractivity (Wildman–Crippen MR) is 92.8 cm³/mol. The van der Waals surface area contributed by atoms with Crippen molar-refractivity contribution in [2.75, 3.05) is 16.8 Å². The van der Waals surface area contributed by atoms with Crippen molar-refractivity contribution < 1.29 is 14.4 Å². The van der Waals surface area contributed by atoms with E-state index in [9.17, 15) is 14.4 Å². The van der Waals surface area contributed by atoms with Crippen molar-refractivity contribution in [3.8, 4) is 0 Å². The second kappa shape index (κ2) is 6.52. The molecule has 3 rings (SSSR count). The van der Waals surface area contributed by atoms with E-state index in [1.165, 1.54) is 18.3 Å². The first kappa shape index (κ1) is 16.3. The molecular formula is C17H17N3O3S. The molecule has 0 unspecified atom stereocenters. The first-order valence-electron chi connectivity index (χ1n) is 7.66. The summed E-state index contributed by atoms with van der Waals surface area (Å²) in [6, 6.07) is 6.91. The van der Waals surface area contributed by atoms with Crippen LogP contribution < -0.4 is 10.2 Å². The first-order chi connectivity index (χ1) is 11.5. The van der Waals surface area contributed by atoms with Gasteiger partial charge in [0.2, 0.25) is 5.91 Å². The average Bonchev–Trinajstić information content (AvgIpc) is 3.13. The zero-order valence-corrected chi connectivity index (χ0v) is 14.3. The third-order valence-electron chi connectivity index (χ3n) is 3.85. The molecule has 1 aromatic carbocycles. The Bertz CT molecular complexity index is 811. The Morgan fingerprint density at radius 1 is 1.25 bits per heavy atom. The number of benzene rings is 1. The highest BCUT2D eigenvalue weighted by Gasteiger charge is 2.22. The van der Waals surface area contributed by atoms with Crippen LogP contribution in [0.5, 0.6) is 0 Å². The molecule has 0 aliphatic carbocycles. The molecule has 7 heteroatoms. The van der Waals surface area contributed by atoms with Crippen molar-refractivity contribution in [1.29, 1.82) is 0 Å². The molecule has 2 aromatic rings. The van der Waals surface area contributed by atoms with Crippen molar-refractivity contribution >= 4 is 39.8 Å². The topological polar surface area (TPSA) is 79.4 Å². The lowest BCUT2D eigenvalue weighted by molar-refractivity contribution is -0.117. The van der Waals surface area contributed by atoms with Crippen molar-refractivity contribution in [3.05, 3.63) is 40.4 Å². The lowest BCUT2D eigenvalue weighted by Gasteiger charge is -2.15. The van der Waals surface area contributed by atoms with Crippen LogP contribution in [0.3, 0.4) is 0 Å². The van der Waals surface area contributed by atoms with Gasteiger partial charge < -0.3 is 4.90 Å². The smallest absolute Gasteiger partial charge is 0.257 e. The molecule has 6 nitrogen and oxygen atoms in total. The van der Waals surface area contributed by atoms with Crippen LogP contribution in [0.4, 0.5) is 10.8 Å². The number of hydrogen-bond donors (Lipinski definition) is 1. The summed E-state index contributed by atoms with van der Waals surface area (Å²) in [6.45, 7) is 3.94. The van der Waals surface area contributed by atoms with Gasteiger partial charge in [0.05, 0.1) is 10.6 Å². The quantitative estimate of drug-likeness (QED) is 0.866. The summed E-state index contributed by atoms with van der Waals surface area (Å²) in [5.74, 6) is -0.245. The fourth-order valence-corrected chi connectivity index (χ4v) is 3.52. The van der Waals surface area contributed by atoms with E-state index in [4.69, 9.17) is 0 Å². The van der Waals surface area contributed by atoms with Gasteiger partial charge in [0.1, 0.15) is 0 Å². The monoisotopic (exact) mass is 343 g/mol. The minimum atomic E-state index is -0.293. The molecule has 0 saturated carbocycles. The second-order valence-corrected chi connectivity index (χ2v) is 6.64. The molecule has 2 amide bonds. The van der Waals surface area contributed by atoms with Gasteiger partial charge in [0.15, 0.2) is 10.9 Å². The van der Waals surface area contributed by atoms with Gasteiger partial charge in [-0.15, -0.1) is 0 Å². The van der Waals surface area contributed by atoms with Gasteiger partial charge in [-0.2, -0.15) is 0 Å². The molecule has 1 saturated heterocycles. The van der Waals surface area contributed by atoms with Crippen LogP contribution in [-0.4, -0.2) is 29.1 Å². The summed E-state index contributed by atoms with van der Waals surface area (Å²) in [4.78, 5) is 42.0. The van der Waals surface area contributed by atoms with Gasteiger partial charge in [0, 0.05) is 31.1 Å². The Morgan fingerprint density at radius 2 is 1.96 bits per heavy atom. The van der Waals surface area contributed by atoms with Gasteiger partial charge in [-0.05, 0) is 37.6 Å². The molecule has 1 fully saturated rings. The zero-order valence-electron chi connectivity index (χ0n) is 13.5. The number of ketones is 1. The van der Waals surface area contributed by atoms with Crippen molar-refractivity contribution in [1.82, 2.24) is 4.98 Å². The SMILES string of the molecule is CC(=O)c1sc(NC(=O)c2ccc(N3CCCC3=O)cc2)nc1C. The number of aryl methyl sites for hydroxylation is 1. The Labute approximate surface area is 143 Å². The number of hydrogen-bond acceptors (Lipinski definition) is 5. The largest absolute Gasteiger partial charge is 0.312 e. The zero-order chi connectivity index (χ0) is 17.3. The van der Waals surface area contributed by atoms with Gasteiger partial charge in [-0.3, -0.25) is 19.7 Å². The van der Waals surface area contributed by atoms with Crippen LogP contribution in [0.15, 0.2) is 24.3 Å². The molecule has 0 spiro atoms. The Kier molecular flexibility index (Phi) is 4.44. The summed E-state index contributed by atoms with van der Waals surface area (Å²) < 4.78 is 0. The summed E-state index contributed by atoms with van der Waals surface area (Å²) in [5, 5.41) is 3.11. The maximum Gasteiger partial charge on any atom is 0.257 e. The van der Waals surface area contributed by atoms with E-state index in [2.05, 4.69) is 10.3 Å². The molecule has 24 heavy (non-hydrogen) atoms. The lowest BCUT2D eigenvalue weighted by Crippen LogP contribution is -2.23. The number of aromatic nitrogens is 1. The third-order valence-corrected chi connectivity index (χ3v) is 5.03. The van der Waals surface area contributed by atoms with Crippen molar-refractivity contribution in [2.24, 2.45) is 0 Å². The molecule has 1 aromatic heterocycles. The number of Topliss-reactive ketones (excluding diaryl/α,β-unsaturated/α-hetero) is 1. The van der Waals surface area contributed by atoms with Gasteiger partial charge in [-0.1, -0.05) is 11.3 Å². The molecule has 0 bridgehead atoms. The van der Waals surface area contributed by atoms with Crippen molar-refractivity contribution in [3.63, 3.8) is 0 Å².